The van der Waals surface area contributed by atoms with Gasteiger partial charge in [-0.1, -0.05) is 60.7 Å². The lowest BCUT2D eigenvalue weighted by Gasteiger charge is -2.32. The van der Waals surface area contributed by atoms with Gasteiger partial charge in [0, 0.05) is 38.3 Å². The second-order valence-corrected chi connectivity index (χ2v) is 9.00. The topological polar surface area (TPSA) is 103 Å². The Bertz CT molecular complexity index is 835. The minimum atomic E-state index is -0.362. The van der Waals surface area contributed by atoms with E-state index in [4.69, 9.17) is 5.73 Å². The molecule has 0 unspecified atom stereocenters. The molecule has 0 atom stereocenters. The first kappa shape index (κ1) is 25.7. The van der Waals surface area contributed by atoms with Crippen molar-refractivity contribution in [1.82, 2.24) is 26.0 Å². The number of nitrogens with zero attached hydrogens (tertiary/aromatic N) is 2. The summed E-state index contributed by atoms with van der Waals surface area (Å²) in [5, 5.41) is 2.84. The zero-order valence-corrected chi connectivity index (χ0v) is 19.9. The van der Waals surface area contributed by atoms with E-state index >= 15 is 0 Å². The number of urea groups is 1. The van der Waals surface area contributed by atoms with E-state index in [0.29, 0.717) is 12.5 Å². The van der Waals surface area contributed by atoms with Crippen molar-refractivity contribution < 1.29 is 9.59 Å². The maximum atomic E-state index is 11.4. The molecule has 2 aliphatic heterocycles. The summed E-state index contributed by atoms with van der Waals surface area (Å²) in [5.41, 5.74) is 13.0. The molecule has 0 bridgehead atoms. The van der Waals surface area contributed by atoms with Crippen LogP contribution in [0.25, 0.3) is 0 Å². The smallest absolute Gasteiger partial charge is 0.333 e. The molecule has 8 heteroatoms. The molecule has 0 spiro atoms. The Morgan fingerprint density at radius 3 is 1.76 bits per heavy atom. The quantitative estimate of drug-likeness (QED) is 0.370. The molecular formula is C26H38N6O2. The molecule has 2 aromatic carbocycles. The standard InChI is InChI=1S/C14H20N4O2.C12H18N2/c19-11-15-17-14(20)16-13-6-8-18(9-7-13)10-12-4-2-1-3-5-12;13-12-6-8-14(9-7-12)10-11-4-2-1-3-5-11/h1-5,11,13H,6-10H2,(H,15,19)(H2,16,17,20);1-5,12H,6-10,13H2. The molecule has 2 saturated heterocycles. The third kappa shape index (κ3) is 9.51. The summed E-state index contributed by atoms with van der Waals surface area (Å²) in [6.07, 6.45) is 4.56. The zero-order valence-electron chi connectivity index (χ0n) is 19.9. The van der Waals surface area contributed by atoms with Crippen molar-refractivity contribution in [1.29, 1.82) is 0 Å². The number of nitrogens with two attached hydrogens (primary N) is 1. The summed E-state index contributed by atoms with van der Waals surface area (Å²) in [4.78, 5) is 26.3. The lowest BCUT2D eigenvalue weighted by molar-refractivity contribution is -0.110. The van der Waals surface area contributed by atoms with Crippen molar-refractivity contribution in [3.63, 3.8) is 0 Å². The van der Waals surface area contributed by atoms with Crippen molar-refractivity contribution in [2.45, 2.75) is 50.9 Å². The molecule has 0 saturated carbocycles. The summed E-state index contributed by atoms with van der Waals surface area (Å²) >= 11 is 0. The molecule has 0 aromatic heterocycles. The number of carbonyl (C=O) groups excluding carboxylic acids is 2. The summed E-state index contributed by atoms with van der Waals surface area (Å²) in [5.74, 6) is 0. The van der Waals surface area contributed by atoms with Crippen LogP contribution in [0.3, 0.4) is 0 Å². The van der Waals surface area contributed by atoms with Crippen LogP contribution >= 0.6 is 0 Å². The molecule has 8 nitrogen and oxygen atoms in total. The summed E-state index contributed by atoms with van der Waals surface area (Å²) in [7, 11) is 0. The molecule has 3 amide bonds. The molecule has 2 heterocycles. The van der Waals surface area contributed by atoms with Crippen molar-refractivity contribution in [2.75, 3.05) is 26.2 Å². The number of nitrogens with one attached hydrogen (secondary N) is 3. The number of benzene rings is 2. The zero-order chi connectivity index (χ0) is 24.0. The lowest BCUT2D eigenvalue weighted by Crippen LogP contribution is -2.50. The summed E-state index contributed by atoms with van der Waals surface area (Å²) in [6.45, 7) is 6.24. The Hall–Kier alpha value is -2.94. The average Bonchev–Trinajstić information content (AvgIpc) is 2.87. The highest BCUT2D eigenvalue weighted by Crippen LogP contribution is 2.14. The molecule has 2 aromatic rings. The number of amides is 3. The first-order valence-electron chi connectivity index (χ1n) is 12.2. The first-order chi connectivity index (χ1) is 16.6. The van der Waals surface area contributed by atoms with Gasteiger partial charge in [0.2, 0.25) is 6.41 Å². The average molecular weight is 467 g/mol. The van der Waals surface area contributed by atoms with E-state index < -0.39 is 0 Å². The largest absolute Gasteiger partial charge is 0.334 e. The van der Waals surface area contributed by atoms with Gasteiger partial charge in [-0.3, -0.25) is 20.0 Å². The molecule has 0 aliphatic carbocycles. The third-order valence-electron chi connectivity index (χ3n) is 6.30. The van der Waals surface area contributed by atoms with Crippen LogP contribution in [0.5, 0.6) is 0 Å². The second kappa shape index (κ2) is 14.3. The highest BCUT2D eigenvalue weighted by atomic mass is 16.2. The van der Waals surface area contributed by atoms with Gasteiger partial charge in [-0.2, -0.15) is 0 Å². The number of likely N-dealkylation sites (tertiary alicyclic amines) is 2. The second-order valence-electron chi connectivity index (χ2n) is 9.00. The predicted molar refractivity (Wildman–Crippen MR) is 135 cm³/mol. The fraction of sp³-hybridized carbons (Fsp3) is 0.462. The Morgan fingerprint density at radius 2 is 1.29 bits per heavy atom. The van der Waals surface area contributed by atoms with Crippen molar-refractivity contribution >= 4 is 12.4 Å². The number of hydrogen-bond acceptors (Lipinski definition) is 5. The Kier molecular flexibility index (Phi) is 10.8. The van der Waals surface area contributed by atoms with E-state index in [9.17, 15) is 9.59 Å². The minimum Gasteiger partial charge on any atom is -0.334 e. The number of piperidine rings is 2. The maximum Gasteiger partial charge on any atom is 0.333 e. The molecular weight excluding hydrogens is 428 g/mol. The van der Waals surface area contributed by atoms with E-state index in [1.54, 1.807) is 0 Å². The number of hydrogen-bond donors (Lipinski definition) is 4. The summed E-state index contributed by atoms with van der Waals surface area (Å²) in [6, 6.07) is 21.3. The van der Waals surface area contributed by atoms with Gasteiger partial charge in [-0.15, -0.1) is 0 Å². The maximum absolute atomic E-state index is 11.4. The van der Waals surface area contributed by atoms with Gasteiger partial charge in [-0.25, -0.2) is 10.2 Å². The molecule has 5 N–H and O–H groups in total. The molecule has 184 valence electrons. The number of rotatable bonds is 7. The Labute approximate surface area is 202 Å². The van der Waals surface area contributed by atoms with Crippen LogP contribution in [0.2, 0.25) is 0 Å². The van der Waals surface area contributed by atoms with E-state index in [1.807, 2.05) is 18.2 Å². The molecule has 0 radical (unpaired) electrons. The molecule has 34 heavy (non-hydrogen) atoms. The van der Waals surface area contributed by atoms with Crippen molar-refractivity contribution in [3.05, 3.63) is 71.8 Å². The van der Waals surface area contributed by atoms with Crippen molar-refractivity contribution in [2.24, 2.45) is 5.73 Å². The summed E-state index contributed by atoms with van der Waals surface area (Å²) < 4.78 is 0. The molecule has 2 aliphatic rings. The molecule has 2 fully saturated rings. The van der Waals surface area contributed by atoms with Gasteiger partial charge in [0.1, 0.15) is 0 Å². The van der Waals surface area contributed by atoms with E-state index in [1.165, 1.54) is 11.1 Å². The highest BCUT2D eigenvalue weighted by molar-refractivity contribution is 5.75. The van der Waals surface area contributed by atoms with Crippen LogP contribution in [-0.4, -0.2) is 60.5 Å². The van der Waals surface area contributed by atoms with Crippen LogP contribution in [-0.2, 0) is 17.9 Å². The highest BCUT2D eigenvalue weighted by Gasteiger charge is 2.20. The van der Waals surface area contributed by atoms with E-state index in [0.717, 1.165) is 65.0 Å². The van der Waals surface area contributed by atoms with Crippen LogP contribution in [0, 0.1) is 0 Å². The van der Waals surface area contributed by atoms with Gasteiger partial charge in [0.05, 0.1) is 0 Å². The van der Waals surface area contributed by atoms with E-state index in [-0.39, 0.29) is 12.1 Å². The normalized spacial score (nSPS) is 17.8. The third-order valence-corrected chi connectivity index (χ3v) is 6.30. The van der Waals surface area contributed by atoms with Crippen LogP contribution < -0.4 is 21.9 Å². The SMILES string of the molecule is NC1CCN(Cc2ccccc2)CC1.O=CNNC(=O)NC1CCN(Cc2ccccc2)CC1. The van der Waals surface area contributed by atoms with Gasteiger partial charge >= 0.3 is 6.03 Å². The lowest BCUT2D eigenvalue weighted by atomic mass is 10.0. The number of carbonyl (C=O) groups is 2. The van der Waals surface area contributed by atoms with Crippen LogP contribution in [0.15, 0.2) is 60.7 Å². The molecule has 4 rings (SSSR count). The minimum absolute atomic E-state index is 0.162. The Morgan fingerprint density at radius 1 is 0.824 bits per heavy atom. The fourth-order valence-electron chi connectivity index (χ4n) is 4.35. The number of hydrazine groups is 1. The van der Waals surface area contributed by atoms with Gasteiger partial charge in [-0.05, 0) is 49.9 Å². The van der Waals surface area contributed by atoms with Gasteiger partial charge in [0.15, 0.2) is 0 Å². The fourth-order valence-corrected chi connectivity index (χ4v) is 4.35. The van der Waals surface area contributed by atoms with Crippen LogP contribution in [0.1, 0.15) is 36.8 Å². The first-order valence-corrected chi connectivity index (χ1v) is 12.2. The Balaban J connectivity index is 0.000000202. The van der Waals surface area contributed by atoms with E-state index in [2.05, 4.69) is 68.4 Å². The monoisotopic (exact) mass is 466 g/mol. The predicted octanol–water partition coefficient (Wildman–Crippen LogP) is 2.22. The van der Waals surface area contributed by atoms with Crippen molar-refractivity contribution in [3.8, 4) is 0 Å². The van der Waals surface area contributed by atoms with Gasteiger partial charge < -0.3 is 11.1 Å². The van der Waals surface area contributed by atoms with Gasteiger partial charge in [0.25, 0.3) is 0 Å². The van der Waals surface area contributed by atoms with Crippen LogP contribution in [0.4, 0.5) is 4.79 Å².